The highest BCUT2D eigenvalue weighted by molar-refractivity contribution is 5.96. The molecule has 0 bridgehead atoms. The number of anilines is 1. The number of carbonyl (C=O) groups is 1. The largest absolute Gasteiger partial charge is 0.396 e. The van der Waals surface area contributed by atoms with Crippen LogP contribution in [0.25, 0.3) is 5.69 Å². The number of nitrogens with two attached hydrogens (primary N) is 2. The van der Waals surface area contributed by atoms with Gasteiger partial charge in [-0.2, -0.15) is 5.10 Å². The summed E-state index contributed by atoms with van der Waals surface area (Å²) >= 11 is 0. The maximum absolute atomic E-state index is 11.3. The Labute approximate surface area is 92.7 Å². The summed E-state index contributed by atoms with van der Waals surface area (Å²) in [6.45, 7) is 1.93. The average molecular weight is 216 g/mol. The first-order valence-corrected chi connectivity index (χ1v) is 4.79. The van der Waals surface area contributed by atoms with Crippen LogP contribution in [0, 0.1) is 6.92 Å². The second-order valence-electron chi connectivity index (χ2n) is 3.60. The molecule has 0 radical (unpaired) electrons. The number of nitrogens with zero attached hydrogens (tertiary/aromatic N) is 2. The summed E-state index contributed by atoms with van der Waals surface area (Å²) in [5.74, 6) is -0.482. The molecule has 5 nitrogen and oxygen atoms in total. The summed E-state index contributed by atoms with van der Waals surface area (Å²) in [6, 6.07) is 5.36. The van der Waals surface area contributed by atoms with Crippen molar-refractivity contribution >= 4 is 11.6 Å². The highest BCUT2D eigenvalue weighted by Gasteiger charge is 2.10. The molecule has 1 aromatic carbocycles. The highest BCUT2D eigenvalue weighted by atomic mass is 16.1. The molecule has 1 amide bonds. The van der Waals surface area contributed by atoms with Gasteiger partial charge in [-0.05, 0) is 24.6 Å². The van der Waals surface area contributed by atoms with E-state index < -0.39 is 5.91 Å². The fourth-order valence-electron chi connectivity index (χ4n) is 1.51. The van der Waals surface area contributed by atoms with Crippen LogP contribution in [-0.2, 0) is 0 Å². The minimum Gasteiger partial charge on any atom is -0.396 e. The van der Waals surface area contributed by atoms with Crippen molar-refractivity contribution in [1.29, 1.82) is 0 Å². The molecule has 2 aromatic rings. The van der Waals surface area contributed by atoms with Gasteiger partial charge in [0, 0.05) is 0 Å². The summed E-state index contributed by atoms with van der Waals surface area (Å²) in [7, 11) is 0. The predicted molar refractivity (Wildman–Crippen MR) is 61.2 cm³/mol. The Morgan fingerprint density at radius 1 is 1.44 bits per heavy atom. The average Bonchev–Trinajstić information content (AvgIpc) is 2.64. The molecular weight excluding hydrogens is 204 g/mol. The fourth-order valence-corrected chi connectivity index (χ4v) is 1.51. The maximum atomic E-state index is 11.3. The van der Waals surface area contributed by atoms with E-state index in [1.54, 1.807) is 16.9 Å². The zero-order chi connectivity index (χ0) is 11.7. The van der Waals surface area contributed by atoms with Crippen LogP contribution in [0.2, 0.25) is 0 Å². The summed E-state index contributed by atoms with van der Waals surface area (Å²) < 4.78 is 1.54. The van der Waals surface area contributed by atoms with Crippen LogP contribution in [0.3, 0.4) is 0 Å². The van der Waals surface area contributed by atoms with E-state index in [4.69, 9.17) is 11.5 Å². The molecule has 0 saturated heterocycles. The molecular formula is C11H12N4O. The number of nitrogen functional groups attached to an aromatic ring is 1. The molecule has 0 spiro atoms. The van der Waals surface area contributed by atoms with Gasteiger partial charge in [-0.1, -0.05) is 6.07 Å². The third-order valence-electron chi connectivity index (χ3n) is 2.27. The minimum atomic E-state index is -0.482. The van der Waals surface area contributed by atoms with Gasteiger partial charge in [0.05, 0.1) is 29.3 Å². The molecule has 4 N–H and O–H groups in total. The lowest BCUT2D eigenvalue weighted by Gasteiger charge is -2.07. The molecule has 1 heterocycles. The lowest BCUT2D eigenvalue weighted by molar-refractivity contribution is 0.1000. The molecule has 5 heteroatoms. The zero-order valence-corrected chi connectivity index (χ0v) is 8.84. The second-order valence-corrected chi connectivity index (χ2v) is 3.60. The van der Waals surface area contributed by atoms with Crippen molar-refractivity contribution < 1.29 is 4.79 Å². The van der Waals surface area contributed by atoms with Gasteiger partial charge in [0.25, 0.3) is 5.91 Å². The van der Waals surface area contributed by atoms with E-state index in [-0.39, 0.29) is 0 Å². The summed E-state index contributed by atoms with van der Waals surface area (Å²) in [6.07, 6.45) is 3.16. The number of hydrogen-bond acceptors (Lipinski definition) is 3. The summed E-state index contributed by atoms with van der Waals surface area (Å²) in [5, 5.41) is 4.05. The second kappa shape index (κ2) is 3.69. The number of aryl methyl sites for hydroxylation is 1. The molecule has 0 aliphatic carbocycles. The zero-order valence-electron chi connectivity index (χ0n) is 8.84. The van der Waals surface area contributed by atoms with Crippen molar-refractivity contribution in [2.75, 3.05) is 5.73 Å². The van der Waals surface area contributed by atoms with E-state index in [1.807, 2.05) is 19.1 Å². The Hall–Kier alpha value is -2.30. The molecule has 82 valence electrons. The number of aromatic nitrogens is 2. The van der Waals surface area contributed by atoms with E-state index in [2.05, 4.69) is 5.10 Å². The van der Waals surface area contributed by atoms with Gasteiger partial charge in [0.2, 0.25) is 0 Å². The van der Waals surface area contributed by atoms with Crippen molar-refractivity contribution in [3.63, 3.8) is 0 Å². The van der Waals surface area contributed by atoms with E-state index in [9.17, 15) is 4.79 Å². The number of hydrogen-bond donors (Lipinski definition) is 2. The van der Waals surface area contributed by atoms with Gasteiger partial charge in [-0.25, -0.2) is 4.68 Å². The van der Waals surface area contributed by atoms with Gasteiger partial charge in [0.15, 0.2) is 0 Å². The van der Waals surface area contributed by atoms with Crippen molar-refractivity contribution in [2.45, 2.75) is 6.92 Å². The molecule has 0 aliphatic heterocycles. The molecule has 2 rings (SSSR count). The van der Waals surface area contributed by atoms with Crippen LogP contribution in [0.1, 0.15) is 15.9 Å². The van der Waals surface area contributed by atoms with Gasteiger partial charge >= 0.3 is 0 Å². The van der Waals surface area contributed by atoms with E-state index >= 15 is 0 Å². The summed E-state index contributed by atoms with van der Waals surface area (Å²) in [4.78, 5) is 11.3. The molecule has 16 heavy (non-hydrogen) atoms. The van der Waals surface area contributed by atoms with Crippen molar-refractivity contribution in [1.82, 2.24) is 9.78 Å². The monoisotopic (exact) mass is 216 g/mol. The standard InChI is InChI=1S/C11H12N4O/c1-7-2-3-9(11(13)16)10(4-7)15-6-8(12)5-14-15/h2-6H,12H2,1H3,(H2,13,16). The number of primary amides is 1. The van der Waals surface area contributed by atoms with Gasteiger partial charge in [-0.15, -0.1) is 0 Å². The SMILES string of the molecule is Cc1ccc(C(N)=O)c(-n2cc(N)cn2)c1. The Kier molecular flexibility index (Phi) is 2.36. The van der Waals surface area contributed by atoms with Crippen LogP contribution in [0.4, 0.5) is 5.69 Å². The maximum Gasteiger partial charge on any atom is 0.250 e. The van der Waals surface area contributed by atoms with Crippen LogP contribution in [0.15, 0.2) is 30.6 Å². The van der Waals surface area contributed by atoms with Crippen LogP contribution >= 0.6 is 0 Å². The number of rotatable bonds is 2. The van der Waals surface area contributed by atoms with Crippen LogP contribution < -0.4 is 11.5 Å². The molecule has 1 aromatic heterocycles. The smallest absolute Gasteiger partial charge is 0.250 e. The van der Waals surface area contributed by atoms with Gasteiger partial charge in [-0.3, -0.25) is 4.79 Å². The Bertz CT molecular complexity index is 545. The van der Waals surface area contributed by atoms with Crippen molar-refractivity contribution in [3.05, 3.63) is 41.7 Å². The molecule has 0 aliphatic rings. The molecule has 0 fully saturated rings. The van der Waals surface area contributed by atoms with Crippen molar-refractivity contribution in [2.24, 2.45) is 5.73 Å². The molecule has 0 atom stereocenters. The first-order chi connectivity index (χ1) is 7.58. The Morgan fingerprint density at radius 3 is 2.75 bits per heavy atom. The van der Waals surface area contributed by atoms with E-state index in [1.165, 1.54) is 6.20 Å². The Morgan fingerprint density at radius 2 is 2.19 bits per heavy atom. The summed E-state index contributed by atoms with van der Waals surface area (Å²) in [5.41, 5.74) is 13.5. The third-order valence-corrected chi connectivity index (χ3v) is 2.27. The van der Waals surface area contributed by atoms with Crippen LogP contribution in [-0.4, -0.2) is 15.7 Å². The van der Waals surface area contributed by atoms with E-state index in [0.717, 1.165) is 5.56 Å². The first-order valence-electron chi connectivity index (χ1n) is 4.79. The normalized spacial score (nSPS) is 10.3. The lowest BCUT2D eigenvalue weighted by Crippen LogP contribution is -2.15. The lowest BCUT2D eigenvalue weighted by atomic mass is 10.1. The number of benzene rings is 1. The van der Waals surface area contributed by atoms with Gasteiger partial charge < -0.3 is 11.5 Å². The highest BCUT2D eigenvalue weighted by Crippen LogP contribution is 2.16. The first kappa shape index (κ1) is 10.2. The number of carbonyl (C=O) groups excluding carboxylic acids is 1. The molecule has 0 unspecified atom stereocenters. The third kappa shape index (κ3) is 1.75. The topological polar surface area (TPSA) is 86.9 Å². The van der Waals surface area contributed by atoms with Crippen LogP contribution in [0.5, 0.6) is 0 Å². The van der Waals surface area contributed by atoms with E-state index in [0.29, 0.717) is 16.9 Å². The minimum absolute atomic E-state index is 0.425. The molecule has 0 saturated carbocycles. The Balaban J connectivity index is 2.62. The van der Waals surface area contributed by atoms with Gasteiger partial charge in [0.1, 0.15) is 0 Å². The van der Waals surface area contributed by atoms with Crippen molar-refractivity contribution in [3.8, 4) is 5.69 Å². The quantitative estimate of drug-likeness (QED) is 0.780. The fraction of sp³-hybridized carbons (Fsp3) is 0.0909. The number of amides is 1. The predicted octanol–water partition coefficient (Wildman–Crippen LogP) is 0.862.